The van der Waals surface area contributed by atoms with Crippen molar-refractivity contribution in [1.29, 1.82) is 0 Å². The fourth-order valence-corrected chi connectivity index (χ4v) is 2.96. The van der Waals surface area contributed by atoms with Crippen molar-refractivity contribution in [2.24, 2.45) is 5.41 Å². The SMILES string of the molecule is CC(NC(=O)NC(CCO)C(C)(C)C)C1COc2ccccc21. The number of aliphatic hydroxyl groups excluding tert-OH is 1. The van der Waals surface area contributed by atoms with Gasteiger partial charge >= 0.3 is 6.03 Å². The van der Waals surface area contributed by atoms with Gasteiger partial charge in [-0.05, 0) is 24.8 Å². The first-order valence-electron chi connectivity index (χ1n) is 8.22. The Hall–Kier alpha value is -1.75. The Morgan fingerprint density at radius 1 is 1.35 bits per heavy atom. The van der Waals surface area contributed by atoms with Gasteiger partial charge < -0.3 is 20.5 Å². The molecule has 3 N–H and O–H groups in total. The maximum absolute atomic E-state index is 12.3. The largest absolute Gasteiger partial charge is 0.493 e. The van der Waals surface area contributed by atoms with Crippen LogP contribution in [-0.4, -0.2) is 36.4 Å². The molecule has 0 saturated heterocycles. The Bertz CT molecular complexity index is 539. The van der Waals surface area contributed by atoms with Crippen LogP contribution in [0.1, 0.15) is 45.6 Å². The molecule has 0 aromatic heterocycles. The molecule has 5 nitrogen and oxygen atoms in total. The molecule has 1 heterocycles. The molecular formula is C18H28N2O3. The summed E-state index contributed by atoms with van der Waals surface area (Å²) in [6.45, 7) is 8.80. The molecule has 3 unspecified atom stereocenters. The Kier molecular flexibility index (Phi) is 5.52. The minimum atomic E-state index is -0.199. The lowest BCUT2D eigenvalue weighted by Crippen LogP contribution is -2.51. The summed E-state index contributed by atoms with van der Waals surface area (Å²) in [5.74, 6) is 1.06. The number of fused-ring (bicyclic) bond motifs is 1. The first-order chi connectivity index (χ1) is 10.8. The molecule has 0 spiro atoms. The van der Waals surface area contributed by atoms with Crippen LogP contribution in [0.15, 0.2) is 24.3 Å². The lowest BCUT2D eigenvalue weighted by Gasteiger charge is -2.32. The Morgan fingerprint density at radius 3 is 2.70 bits per heavy atom. The van der Waals surface area contributed by atoms with Crippen LogP contribution in [0, 0.1) is 5.41 Å². The van der Waals surface area contributed by atoms with Gasteiger partial charge in [0, 0.05) is 30.2 Å². The van der Waals surface area contributed by atoms with E-state index < -0.39 is 0 Å². The minimum Gasteiger partial charge on any atom is -0.493 e. The second kappa shape index (κ2) is 7.21. The normalized spacial score (nSPS) is 19.4. The van der Waals surface area contributed by atoms with E-state index in [2.05, 4.69) is 31.4 Å². The lowest BCUT2D eigenvalue weighted by molar-refractivity contribution is 0.186. The third-order valence-electron chi connectivity index (χ3n) is 4.47. The van der Waals surface area contributed by atoms with E-state index >= 15 is 0 Å². The fraction of sp³-hybridized carbons (Fsp3) is 0.611. The average Bonchev–Trinajstić information content (AvgIpc) is 2.89. The van der Waals surface area contributed by atoms with E-state index in [0.717, 1.165) is 11.3 Å². The molecule has 0 saturated carbocycles. The van der Waals surface area contributed by atoms with Crippen LogP contribution in [-0.2, 0) is 0 Å². The zero-order chi connectivity index (χ0) is 17.0. The molecule has 0 radical (unpaired) electrons. The van der Waals surface area contributed by atoms with E-state index in [1.165, 1.54) is 0 Å². The number of ether oxygens (including phenoxy) is 1. The van der Waals surface area contributed by atoms with Gasteiger partial charge in [-0.25, -0.2) is 4.79 Å². The van der Waals surface area contributed by atoms with Gasteiger partial charge in [0.2, 0.25) is 0 Å². The molecule has 1 aliphatic rings. The first kappa shape index (κ1) is 17.6. The number of rotatable bonds is 5. The highest BCUT2D eigenvalue weighted by Crippen LogP contribution is 2.35. The fourth-order valence-electron chi connectivity index (χ4n) is 2.96. The molecule has 5 heteroatoms. The number of para-hydroxylation sites is 1. The van der Waals surface area contributed by atoms with Gasteiger partial charge in [0.25, 0.3) is 0 Å². The number of aliphatic hydroxyl groups is 1. The quantitative estimate of drug-likeness (QED) is 0.781. The Balaban J connectivity index is 1.95. The molecule has 23 heavy (non-hydrogen) atoms. The third kappa shape index (κ3) is 4.38. The predicted octanol–water partition coefficient (Wildman–Crippen LogP) is 2.65. The highest BCUT2D eigenvalue weighted by Gasteiger charge is 2.31. The minimum absolute atomic E-state index is 0.0339. The van der Waals surface area contributed by atoms with Crippen LogP contribution in [0.2, 0.25) is 0 Å². The number of nitrogens with one attached hydrogen (secondary N) is 2. The number of benzene rings is 1. The van der Waals surface area contributed by atoms with Crippen molar-refractivity contribution in [3.8, 4) is 5.75 Å². The summed E-state index contributed by atoms with van der Waals surface area (Å²) in [6, 6.07) is 7.64. The van der Waals surface area contributed by atoms with E-state index in [1.54, 1.807) is 0 Å². The molecule has 1 aromatic carbocycles. The summed E-state index contributed by atoms with van der Waals surface area (Å²) < 4.78 is 5.68. The Labute approximate surface area is 138 Å². The summed E-state index contributed by atoms with van der Waals surface area (Å²) in [7, 11) is 0. The van der Waals surface area contributed by atoms with Crippen molar-refractivity contribution in [3.05, 3.63) is 29.8 Å². The second-order valence-electron chi connectivity index (χ2n) is 7.29. The van der Waals surface area contributed by atoms with Crippen LogP contribution in [0.25, 0.3) is 0 Å². The predicted molar refractivity (Wildman–Crippen MR) is 90.8 cm³/mol. The van der Waals surface area contributed by atoms with Gasteiger partial charge in [-0.3, -0.25) is 0 Å². The molecule has 1 aromatic rings. The van der Waals surface area contributed by atoms with Crippen molar-refractivity contribution in [2.75, 3.05) is 13.2 Å². The van der Waals surface area contributed by atoms with E-state index in [0.29, 0.717) is 13.0 Å². The highest BCUT2D eigenvalue weighted by molar-refractivity contribution is 5.74. The van der Waals surface area contributed by atoms with Crippen LogP contribution >= 0.6 is 0 Å². The summed E-state index contributed by atoms with van der Waals surface area (Å²) in [4.78, 5) is 12.3. The smallest absolute Gasteiger partial charge is 0.315 e. The van der Waals surface area contributed by atoms with Gasteiger partial charge in [0.1, 0.15) is 5.75 Å². The van der Waals surface area contributed by atoms with Crippen LogP contribution in [0.4, 0.5) is 4.79 Å². The second-order valence-corrected chi connectivity index (χ2v) is 7.29. The Morgan fingerprint density at radius 2 is 2.04 bits per heavy atom. The van der Waals surface area contributed by atoms with Crippen molar-refractivity contribution in [2.45, 2.75) is 52.1 Å². The summed E-state index contributed by atoms with van der Waals surface area (Å²) in [6.07, 6.45) is 0.542. The molecule has 0 fully saturated rings. The molecule has 2 amide bonds. The molecule has 0 bridgehead atoms. The third-order valence-corrected chi connectivity index (χ3v) is 4.47. The summed E-state index contributed by atoms with van der Waals surface area (Å²) in [5.41, 5.74) is 1.04. The van der Waals surface area contributed by atoms with Gasteiger partial charge in [0.05, 0.1) is 6.61 Å². The van der Waals surface area contributed by atoms with Crippen molar-refractivity contribution >= 4 is 6.03 Å². The molecule has 2 rings (SSSR count). The van der Waals surface area contributed by atoms with Crippen LogP contribution in [0.5, 0.6) is 5.75 Å². The van der Waals surface area contributed by atoms with Gasteiger partial charge in [-0.1, -0.05) is 39.0 Å². The maximum Gasteiger partial charge on any atom is 0.315 e. The standard InChI is InChI=1S/C18H28N2O3/c1-12(14-11-23-15-8-6-5-7-13(14)15)19-17(22)20-16(9-10-21)18(2,3)4/h5-8,12,14,16,21H,9-11H2,1-4H3,(H2,19,20,22). The van der Waals surface area contributed by atoms with Gasteiger partial charge in [-0.2, -0.15) is 0 Å². The average molecular weight is 320 g/mol. The van der Waals surface area contributed by atoms with Crippen molar-refractivity contribution in [1.82, 2.24) is 10.6 Å². The van der Waals surface area contributed by atoms with Crippen LogP contribution in [0.3, 0.4) is 0 Å². The number of amides is 2. The number of hydrogen-bond donors (Lipinski definition) is 3. The molecule has 3 atom stereocenters. The van der Waals surface area contributed by atoms with E-state index in [4.69, 9.17) is 4.74 Å². The first-order valence-corrected chi connectivity index (χ1v) is 8.22. The van der Waals surface area contributed by atoms with Gasteiger partial charge in [0.15, 0.2) is 0 Å². The number of carbonyl (C=O) groups excluding carboxylic acids is 1. The zero-order valence-electron chi connectivity index (χ0n) is 14.4. The number of carbonyl (C=O) groups is 1. The molecule has 1 aliphatic heterocycles. The van der Waals surface area contributed by atoms with Gasteiger partial charge in [-0.15, -0.1) is 0 Å². The molecule has 128 valence electrons. The molecular weight excluding hydrogens is 292 g/mol. The van der Waals surface area contributed by atoms with E-state index in [-0.39, 0.29) is 36.1 Å². The summed E-state index contributed by atoms with van der Waals surface area (Å²) in [5, 5.41) is 15.2. The summed E-state index contributed by atoms with van der Waals surface area (Å²) >= 11 is 0. The molecule has 0 aliphatic carbocycles. The van der Waals surface area contributed by atoms with Crippen molar-refractivity contribution in [3.63, 3.8) is 0 Å². The van der Waals surface area contributed by atoms with Crippen LogP contribution < -0.4 is 15.4 Å². The number of hydrogen-bond acceptors (Lipinski definition) is 3. The monoisotopic (exact) mass is 320 g/mol. The lowest BCUT2D eigenvalue weighted by atomic mass is 9.85. The van der Waals surface area contributed by atoms with E-state index in [1.807, 2.05) is 31.2 Å². The number of urea groups is 1. The van der Waals surface area contributed by atoms with E-state index in [9.17, 15) is 9.90 Å². The highest BCUT2D eigenvalue weighted by atomic mass is 16.5. The topological polar surface area (TPSA) is 70.6 Å². The van der Waals surface area contributed by atoms with Crippen molar-refractivity contribution < 1.29 is 14.6 Å². The zero-order valence-corrected chi connectivity index (χ0v) is 14.4. The maximum atomic E-state index is 12.3.